The average Bonchev–Trinajstić information content (AvgIpc) is 3.37. The van der Waals surface area contributed by atoms with E-state index in [2.05, 4.69) is 59.7 Å². The molecule has 5 nitrogen and oxygen atoms in total. The number of fused-ring (bicyclic) bond motifs is 6. The van der Waals surface area contributed by atoms with Gasteiger partial charge in [0.05, 0.1) is 16.6 Å². The summed E-state index contributed by atoms with van der Waals surface area (Å²) in [6.07, 6.45) is 0. The highest BCUT2D eigenvalue weighted by Crippen LogP contribution is 2.43. The van der Waals surface area contributed by atoms with E-state index >= 15 is 0 Å². The van der Waals surface area contributed by atoms with E-state index in [9.17, 15) is 21.6 Å². The van der Waals surface area contributed by atoms with Crippen molar-refractivity contribution >= 4 is 42.7 Å². The van der Waals surface area contributed by atoms with Crippen LogP contribution in [0.15, 0.2) is 91.0 Å². The average molecular weight is 631 g/mol. The summed E-state index contributed by atoms with van der Waals surface area (Å²) in [6, 6.07) is 27.9. The highest BCUT2D eigenvalue weighted by Gasteiger charge is 2.49. The molecule has 0 saturated heterocycles. The van der Waals surface area contributed by atoms with Crippen LogP contribution in [0.4, 0.5) is 13.2 Å². The Bertz CT molecular complexity index is 2190. The Hall–Kier alpha value is -4.37. The molecule has 1 heterocycles. The van der Waals surface area contributed by atoms with Gasteiger partial charge in [-0.05, 0) is 57.0 Å². The van der Waals surface area contributed by atoms with Crippen LogP contribution in [0.5, 0.6) is 5.75 Å². The fourth-order valence-electron chi connectivity index (χ4n) is 5.63. The molecule has 0 aliphatic rings. The Morgan fingerprint density at radius 1 is 0.667 bits per heavy atom. The molecule has 9 heteroatoms. The molecule has 1 aromatic heterocycles. The lowest BCUT2D eigenvalue weighted by Gasteiger charge is -2.27. The molecule has 6 aromatic rings. The smallest absolute Gasteiger partial charge is 0.375 e. The lowest BCUT2D eigenvalue weighted by molar-refractivity contribution is -0.0499. The van der Waals surface area contributed by atoms with Gasteiger partial charge < -0.3 is 4.18 Å². The molecule has 0 unspecified atom stereocenters. The van der Waals surface area contributed by atoms with Crippen LogP contribution in [0.3, 0.4) is 0 Å². The zero-order valence-electron chi connectivity index (χ0n) is 25.8. The van der Waals surface area contributed by atoms with Crippen LogP contribution in [0.2, 0.25) is 0 Å². The van der Waals surface area contributed by atoms with E-state index in [0.29, 0.717) is 5.52 Å². The first-order valence-corrected chi connectivity index (χ1v) is 16.0. The zero-order valence-corrected chi connectivity index (χ0v) is 26.6. The summed E-state index contributed by atoms with van der Waals surface area (Å²) in [7, 11) is -5.95. The molecular weight excluding hydrogens is 597 g/mol. The maximum Gasteiger partial charge on any atom is 0.534 e. The third-order valence-corrected chi connectivity index (χ3v) is 9.02. The quantitative estimate of drug-likeness (QED) is 0.111. The van der Waals surface area contributed by atoms with E-state index in [-0.39, 0.29) is 22.2 Å². The Kier molecular flexibility index (Phi) is 7.04. The second-order valence-electron chi connectivity index (χ2n) is 13.3. The predicted molar refractivity (Wildman–Crippen MR) is 175 cm³/mol. The fraction of sp³-hybridized carbons (Fsp3) is 0.250. The van der Waals surface area contributed by atoms with Crippen molar-refractivity contribution in [3.63, 3.8) is 0 Å². The molecule has 45 heavy (non-hydrogen) atoms. The Labute approximate surface area is 260 Å². The van der Waals surface area contributed by atoms with Gasteiger partial charge in [0.1, 0.15) is 5.82 Å². The maximum absolute atomic E-state index is 13.5. The summed E-state index contributed by atoms with van der Waals surface area (Å²) in [5.41, 5.74) is -1.71. The Balaban J connectivity index is 1.81. The van der Waals surface area contributed by atoms with E-state index in [1.54, 1.807) is 6.07 Å². The number of hydrogen-bond acceptors (Lipinski definition) is 4. The van der Waals surface area contributed by atoms with Crippen molar-refractivity contribution in [2.45, 2.75) is 57.9 Å². The van der Waals surface area contributed by atoms with Gasteiger partial charge in [-0.2, -0.15) is 21.6 Å². The lowest BCUT2D eigenvalue weighted by Crippen LogP contribution is -2.28. The first-order valence-electron chi connectivity index (χ1n) is 14.6. The minimum atomic E-state index is -5.95. The third kappa shape index (κ3) is 5.33. The van der Waals surface area contributed by atoms with E-state index in [1.807, 2.05) is 53.1 Å². The summed E-state index contributed by atoms with van der Waals surface area (Å²) in [4.78, 5) is 5.08. The van der Waals surface area contributed by atoms with E-state index in [0.717, 1.165) is 43.9 Å². The van der Waals surface area contributed by atoms with Crippen LogP contribution in [-0.4, -0.2) is 23.5 Å². The van der Waals surface area contributed by atoms with Crippen molar-refractivity contribution in [2.24, 2.45) is 0 Å². The van der Waals surface area contributed by atoms with Gasteiger partial charge in [0, 0.05) is 16.5 Å². The Morgan fingerprint density at radius 2 is 1.16 bits per heavy atom. The molecule has 232 valence electrons. The molecular formula is C36H33F3N2O3S. The Morgan fingerprint density at radius 3 is 1.71 bits per heavy atom. The highest BCUT2D eigenvalue weighted by atomic mass is 32.2. The second-order valence-corrected chi connectivity index (χ2v) is 14.8. The summed E-state index contributed by atoms with van der Waals surface area (Å²) < 4.78 is 71.6. The van der Waals surface area contributed by atoms with Gasteiger partial charge in [0.25, 0.3) is 0 Å². The van der Waals surface area contributed by atoms with Gasteiger partial charge in [-0.15, -0.1) is 0 Å². The molecule has 0 aliphatic heterocycles. The number of halogens is 3. The summed E-state index contributed by atoms with van der Waals surface area (Å²) in [5, 5.41) is 3.71. The van der Waals surface area contributed by atoms with Crippen LogP contribution in [0, 0.1) is 0 Å². The molecule has 6 rings (SSSR count). The molecule has 0 bridgehead atoms. The number of aromatic nitrogens is 2. The largest absolute Gasteiger partial charge is 0.534 e. The van der Waals surface area contributed by atoms with E-state index in [1.165, 1.54) is 18.2 Å². The van der Waals surface area contributed by atoms with E-state index < -0.39 is 21.4 Å². The minimum Gasteiger partial charge on any atom is -0.375 e. The van der Waals surface area contributed by atoms with Gasteiger partial charge in [0.15, 0.2) is 5.75 Å². The number of hydrogen-bond donors (Lipinski definition) is 0. The third-order valence-electron chi connectivity index (χ3n) is 8.05. The van der Waals surface area contributed by atoms with Gasteiger partial charge in [-0.1, -0.05) is 108 Å². The van der Waals surface area contributed by atoms with Gasteiger partial charge in [-0.3, -0.25) is 4.57 Å². The topological polar surface area (TPSA) is 61.2 Å². The number of benzene rings is 5. The van der Waals surface area contributed by atoms with Crippen LogP contribution in [-0.2, 0) is 20.9 Å². The molecule has 0 spiro atoms. The number of alkyl halides is 3. The van der Waals surface area contributed by atoms with Crippen molar-refractivity contribution < 1.29 is 25.8 Å². The lowest BCUT2D eigenvalue weighted by atomic mass is 9.80. The van der Waals surface area contributed by atoms with Crippen LogP contribution < -0.4 is 4.18 Å². The van der Waals surface area contributed by atoms with E-state index in [4.69, 9.17) is 9.17 Å². The number of imidazole rings is 1. The predicted octanol–water partition coefficient (Wildman–Crippen LogP) is 9.82. The monoisotopic (exact) mass is 630 g/mol. The number of rotatable bonds is 4. The highest BCUT2D eigenvalue weighted by molar-refractivity contribution is 7.88. The molecule has 0 N–H and O–H groups in total. The van der Waals surface area contributed by atoms with Crippen LogP contribution >= 0.6 is 0 Å². The van der Waals surface area contributed by atoms with Crippen molar-refractivity contribution in [3.05, 3.63) is 102 Å². The SMILES string of the molecule is CC(C)(C)c1cc(-n2c(-c3ccccc3OS(=O)(=O)C(F)(F)F)nc3c4ccccc4c4ccccc4c32)cc(C(C)(C)C)c1. The maximum atomic E-state index is 13.5. The van der Waals surface area contributed by atoms with Crippen LogP contribution in [0.25, 0.3) is 49.7 Å². The van der Waals surface area contributed by atoms with Crippen molar-refractivity contribution in [1.29, 1.82) is 0 Å². The summed E-state index contributed by atoms with van der Waals surface area (Å²) in [5.74, 6) is -0.214. The fourth-order valence-corrected chi connectivity index (χ4v) is 6.11. The first kappa shape index (κ1) is 30.6. The molecule has 0 amide bonds. The molecule has 0 radical (unpaired) electrons. The van der Waals surface area contributed by atoms with Gasteiger partial charge in [-0.25, -0.2) is 4.98 Å². The van der Waals surface area contributed by atoms with Gasteiger partial charge >= 0.3 is 15.6 Å². The minimum absolute atomic E-state index is 0.105. The summed E-state index contributed by atoms with van der Waals surface area (Å²) >= 11 is 0. The first-order chi connectivity index (χ1) is 21.0. The number of nitrogens with zero attached hydrogens (tertiary/aromatic N) is 2. The second kappa shape index (κ2) is 10.3. The normalized spacial score (nSPS) is 13.2. The molecule has 0 saturated carbocycles. The van der Waals surface area contributed by atoms with Crippen LogP contribution in [0.1, 0.15) is 52.7 Å². The molecule has 0 fully saturated rings. The van der Waals surface area contributed by atoms with Crippen molar-refractivity contribution in [2.75, 3.05) is 0 Å². The summed E-state index contributed by atoms with van der Waals surface area (Å²) in [6.45, 7) is 12.7. The van der Waals surface area contributed by atoms with Gasteiger partial charge in [0.2, 0.25) is 0 Å². The molecule has 0 atom stereocenters. The standard InChI is InChI=1S/C36H33F3N2O3S/c1-34(2,3)22-19-23(35(4,5)6)21-24(20-22)41-32-28-16-10-8-14-26(28)25-13-7-9-15-27(25)31(32)40-33(41)29-17-11-12-18-30(29)44-45(42,43)36(37,38)39/h7-21H,1-6H3. The number of para-hydroxylation sites is 1. The zero-order chi connectivity index (χ0) is 32.5. The molecule has 5 aromatic carbocycles. The van der Waals surface area contributed by atoms with Crippen molar-refractivity contribution in [1.82, 2.24) is 9.55 Å². The van der Waals surface area contributed by atoms with Crippen molar-refractivity contribution in [3.8, 4) is 22.8 Å². The molecule has 0 aliphatic carbocycles.